The van der Waals surface area contributed by atoms with Gasteiger partial charge in [0.15, 0.2) is 0 Å². The highest BCUT2D eigenvalue weighted by atomic mass is 16.2. The molecule has 0 spiro atoms. The van der Waals surface area contributed by atoms with Crippen LogP contribution in [-0.2, 0) is 4.79 Å². The largest absolute Gasteiger partial charge is 0.341 e. The predicted octanol–water partition coefficient (Wildman–Crippen LogP) is 0.740. The number of amides is 1. The van der Waals surface area contributed by atoms with Gasteiger partial charge >= 0.3 is 0 Å². The zero-order valence-electron chi connectivity index (χ0n) is 8.54. The molecule has 0 saturated carbocycles. The van der Waals surface area contributed by atoms with E-state index in [2.05, 4.69) is 5.92 Å². The Kier molecular flexibility index (Phi) is 4.48. The van der Waals surface area contributed by atoms with Gasteiger partial charge in [0.25, 0.3) is 0 Å². The quantitative estimate of drug-likeness (QED) is 0.530. The van der Waals surface area contributed by atoms with E-state index in [1.54, 1.807) is 0 Å². The summed E-state index contributed by atoms with van der Waals surface area (Å²) in [4.78, 5) is 13.4. The van der Waals surface area contributed by atoms with Crippen molar-refractivity contribution < 1.29 is 4.79 Å². The van der Waals surface area contributed by atoms with Gasteiger partial charge in [-0.15, -0.1) is 12.3 Å². The summed E-state index contributed by atoms with van der Waals surface area (Å²) in [6.07, 6.45) is 9.30. The number of terminal acetylenes is 1. The Morgan fingerprint density at radius 3 is 2.93 bits per heavy atom. The molecule has 1 amide bonds. The van der Waals surface area contributed by atoms with E-state index in [1.807, 2.05) is 4.90 Å². The van der Waals surface area contributed by atoms with Gasteiger partial charge in [-0.05, 0) is 19.3 Å². The van der Waals surface area contributed by atoms with E-state index >= 15 is 0 Å². The van der Waals surface area contributed by atoms with E-state index < -0.39 is 0 Å². The lowest BCUT2D eigenvalue weighted by Gasteiger charge is -2.15. The van der Waals surface area contributed by atoms with Gasteiger partial charge < -0.3 is 10.6 Å². The average Bonchev–Trinajstić information content (AvgIpc) is 2.59. The van der Waals surface area contributed by atoms with E-state index in [4.69, 9.17) is 12.2 Å². The number of carbonyl (C=O) groups excluding carboxylic acids is 1. The molecule has 1 rings (SSSR count). The van der Waals surface area contributed by atoms with Crippen LogP contribution in [0.4, 0.5) is 0 Å². The van der Waals surface area contributed by atoms with Crippen LogP contribution in [0.1, 0.15) is 32.1 Å². The fourth-order valence-corrected chi connectivity index (χ4v) is 1.68. The van der Waals surface area contributed by atoms with Gasteiger partial charge in [0.05, 0.1) is 0 Å². The highest BCUT2D eigenvalue weighted by Gasteiger charge is 2.22. The van der Waals surface area contributed by atoms with Crippen LogP contribution < -0.4 is 5.73 Å². The summed E-state index contributed by atoms with van der Waals surface area (Å²) in [6.45, 7) is 1.56. The van der Waals surface area contributed by atoms with Gasteiger partial charge in [-0.1, -0.05) is 0 Å². The molecule has 1 aliphatic heterocycles. The van der Waals surface area contributed by atoms with Crippen LogP contribution in [0.25, 0.3) is 0 Å². The highest BCUT2D eigenvalue weighted by molar-refractivity contribution is 5.76. The first-order valence-electron chi connectivity index (χ1n) is 5.21. The van der Waals surface area contributed by atoms with E-state index in [9.17, 15) is 4.79 Å². The molecule has 1 fully saturated rings. The molecule has 14 heavy (non-hydrogen) atoms. The molecule has 1 saturated heterocycles. The van der Waals surface area contributed by atoms with E-state index in [1.165, 1.54) is 0 Å². The number of likely N-dealkylation sites (tertiary alicyclic amines) is 1. The fourth-order valence-electron chi connectivity index (χ4n) is 1.68. The Bertz CT molecular complexity index is 232. The standard InChI is InChI=1S/C11H18N2O/c1-2-3-4-5-6-11(14)13-8-7-10(12)9-13/h1,10H,3-9,12H2/t10-/m0/s1. The molecule has 0 aliphatic carbocycles. The number of hydrogen-bond donors (Lipinski definition) is 1. The number of carbonyl (C=O) groups is 1. The third-order valence-corrected chi connectivity index (χ3v) is 2.54. The van der Waals surface area contributed by atoms with Gasteiger partial charge in [-0.25, -0.2) is 0 Å². The van der Waals surface area contributed by atoms with Crippen molar-refractivity contribution in [3.05, 3.63) is 0 Å². The molecule has 0 unspecified atom stereocenters. The van der Waals surface area contributed by atoms with Crippen LogP contribution in [0.5, 0.6) is 0 Å². The van der Waals surface area contributed by atoms with Crippen molar-refractivity contribution in [2.45, 2.75) is 38.1 Å². The Morgan fingerprint density at radius 2 is 2.36 bits per heavy atom. The number of hydrogen-bond acceptors (Lipinski definition) is 2. The molecule has 0 bridgehead atoms. The zero-order chi connectivity index (χ0) is 10.4. The first kappa shape index (κ1) is 11.1. The average molecular weight is 194 g/mol. The molecule has 78 valence electrons. The topological polar surface area (TPSA) is 46.3 Å². The lowest BCUT2D eigenvalue weighted by Crippen LogP contribution is -2.31. The van der Waals surface area contributed by atoms with E-state index in [0.29, 0.717) is 6.42 Å². The van der Waals surface area contributed by atoms with Crippen molar-refractivity contribution in [3.63, 3.8) is 0 Å². The van der Waals surface area contributed by atoms with Crippen LogP contribution in [-0.4, -0.2) is 29.9 Å². The van der Waals surface area contributed by atoms with Crippen molar-refractivity contribution in [2.24, 2.45) is 5.73 Å². The van der Waals surface area contributed by atoms with E-state index in [-0.39, 0.29) is 11.9 Å². The smallest absolute Gasteiger partial charge is 0.222 e. The maximum atomic E-state index is 11.6. The summed E-state index contributed by atoms with van der Waals surface area (Å²) in [5, 5.41) is 0. The highest BCUT2D eigenvalue weighted by Crippen LogP contribution is 2.10. The van der Waals surface area contributed by atoms with Crippen molar-refractivity contribution in [1.29, 1.82) is 0 Å². The third kappa shape index (κ3) is 3.39. The number of nitrogens with zero attached hydrogens (tertiary/aromatic N) is 1. The molecule has 1 atom stereocenters. The van der Waals surface area contributed by atoms with Crippen molar-refractivity contribution in [3.8, 4) is 12.3 Å². The van der Waals surface area contributed by atoms with Gasteiger partial charge in [0.1, 0.15) is 0 Å². The van der Waals surface area contributed by atoms with Crippen molar-refractivity contribution in [1.82, 2.24) is 4.90 Å². The van der Waals surface area contributed by atoms with Crippen LogP contribution in [0.15, 0.2) is 0 Å². The summed E-state index contributed by atoms with van der Waals surface area (Å²) < 4.78 is 0. The summed E-state index contributed by atoms with van der Waals surface area (Å²) in [5.74, 6) is 2.80. The molecular formula is C11H18N2O. The van der Waals surface area contributed by atoms with Crippen LogP contribution in [0, 0.1) is 12.3 Å². The fraction of sp³-hybridized carbons (Fsp3) is 0.727. The number of nitrogens with two attached hydrogens (primary N) is 1. The minimum absolute atomic E-state index is 0.185. The summed E-state index contributed by atoms with van der Waals surface area (Å²) in [7, 11) is 0. The Morgan fingerprint density at radius 1 is 1.57 bits per heavy atom. The third-order valence-electron chi connectivity index (χ3n) is 2.54. The summed E-state index contributed by atoms with van der Waals surface area (Å²) >= 11 is 0. The Balaban J connectivity index is 2.13. The van der Waals surface area contributed by atoms with Crippen LogP contribution in [0.2, 0.25) is 0 Å². The first-order chi connectivity index (χ1) is 6.74. The molecule has 0 aromatic heterocycles. The second kappa shape index (κ2) is 5.66. The molecular weight excluding hydrogens is 176 g/mol. The number of unbranched alkanes of at least 4 members (excludes halogenated alkanes) is 2. The molecule has 3 heteroatoms. The van der Waals surface area contributed by atoms with E-state index in [0.717, 1.165) is 38.8 Å². The zero-order valence-corrected chi connectivity index (χ0v) is 8.54. The monoisotopic (exact) mass is 194 g/mol. The number of rotatable bonds is 4. The Hall–Kier alpha value is -1.01. The maximum absolute atomic E-state index is 11.6. The normalized spacial score (nSPS) is 20.9. The molecule has 3 nitrogen and oxygen atoms in total. The van der Waals surface area contributed by atoms with Gasteiger partial charge in [-0.3, -0.25) is 4.79 Å². The molecule has 1 heterocycles. The molecule has 0 aromatic carbocycles. The first-order valence-corrected chi connectivity index (χ1v) is 5.21. The molecule has 0 aromatic rings. The second-order valence-electron chi connectivity index (χ2n) is 3.80. The van der Waals surface area contributed by atoms with Crippen LogP contribution in [0.3, 0.4) is 0 Å². The summed E-state index contributed by atoms with van der Waals surface area (Å²) in [5.41, 5.74) is 5.72. The lowest BCUT2D eigenvalue weighted by molar-refractivity contribution is -0.130. The van der Waals surface area contributed by atoms with Gasteiger partial charge in [0.2, 0.25) is 5.91 Å². The van der Waals surface area contributed by atoms with Crippen LogP contribution >= 0.6 is 0 Å². The van der Waals surface area contributed by atoms with Crippen molar-refractivity contribution in [2.75, 3.05) is 13.1 Å². The molecule has 0 radical (unpaired) electrons. The maximum Gasteiger partial charge on any atom is 0.222 e. The predicted molar refractivity (Wildman–Crippen MR) is 56.5 cm³/mol. The Labute approximate surface area is 85.6 Å². The summed E-state index contributed by atoms with van der Waals surface area (Å²) in [6, 6.07) is 0.185. The van der Waals surface area contributed by atoms with Gasteiger partial charge in [-0.2, -0.15) is 0 Å². The van der Waals surface area contributed by atoms with Gasteiger partial charge in [0, 0.05) is 32.0 Å². The lowest BCUT2D eigenvalue weighted by atomic mass is 10.2. The minimum atomic E-state index is 0.185. The molecule has 1 aliphatic rings. The minimum Gasteiger partial charge on any atom is -0.341 e. The SMILES string of the molecule is C#CCCCCC(=O)N1CC[C@H](N)C1. The van der Waals surface area contributed by atoms with Crippen molar-refractivity contribution >= 4 is 5.91 Å². The second-order valence-corrected chi connectivity index (χ2v) is 3.80. The molecule has 2 N–H and O–H groups in total.